The van der Waals surface area contributed by atoms with E-state index in [0.717, 1.165) is 11.1 Å². The Morgan fingerprint density at radius 1 is 1.13 bits per heavy atom. The summed E-state index contributed by atoms with van der Waals surface area (Å²) in [6.07, 6.45) is 0. The molecule has 0 saturated heterocycles. The van der Waals surface area contributed by atoms with Gasteiger partial charge in [0.1, 0.15) is 11.8 Å². The van der Waals surface area contributed by atoms with Gasteiger partial charge in [-0.3, -0.25) is 4.79 Å². The Labute approximate surface area is 172 Å². The zero-order chi connectivity index (χ0) is 21.1. The molecule has 0 radical (unpaired) electrons. The van der Waals surface area contributed by atoms with E-state index in [0.29, 0.717) is 39.5 Å². The number of nitrogens with zero attached hydrogens (tertiary/aromatic N) is 3. The van der Waals surface area contributed by atoms with Gasteiger partial charge in [-0.15, -0.1) is 0 Å². The number of ether oxygens (including phenoxy) is 1. The summed E-state index contributed by atoms with van der Waals surface area (Å²) in [5, 5.41) is 16.0. The van der Waals surface area contributed by atoms with Gasteiger partial charge in [0, 0.05) is 11.3 Å². The number of nitrogens with one attached hydrogen (secondary N) is 1. The maximum Gasteiger partial charge on any atom is 0.259 e. The van der Waals surface area contributed by atoms with Gasteiger partial charge >= 0.3 is 0 Å². The van der Waals surface area contributed by atoms with Crippen LogP contribution in [0.3, 0.4) is 0 Å². The summed E-state index contributed by atoms with van der Waals surface area (Å²) in [6, 6.07) is 18.4. The predicted molar refractivity (Wildman–Crippen MR) is 112 cm³/mol. The highest BCUT2D eigenvalue weighted by molar-refractivity contribution is 6.13. The van der Waals surface area contributed by atoms with Crippen molar-refractivity contribution in [1.29, 1.82) is 5.26 Å². The zero-order valence-corrected chi connectivity index (χ0v) is 16.5. The Kier molecular flexibility index (Phi) is 5.14. The highest BCUT2D eigenvalue weighted by Crippen LogP contribution is 2.28. The number of pyridine rings is 1. The van der Waals surface area contributed by atoms with Gasteiger partial charge in [0.05, 0.1) is 22.3 Å². The maximum absolute atomic E-state index is 13.1. The number of benzene rings is 2. The molecule has 2 heterocycles. The van der Waals surface area contributed by atoms with Crippen molar-refractivity contribution >= 4 is 22.7 Å². The lowest BCUT2D eigenvalue weighted by molar-refractivity contribution is 0.102. The molecule has 1 N–H and O–H groups in total. The molecule has 0 spiro atoms. The first-order chi connectivity index (χ1) is 14.5. The van der Waals surface area contributed by atoms with Gasteiger partial charge in [0.2, 0.25) is 0 Å². The van der Waals surface area contributed by atoms with Crippen molar-refractivity contribution in [3.63, 3.8) is 0 Å². The molecule has 1 amide bonds. The van der Waals surface area contributed by atoms with Crippen LogP contribution >= 0.6 is 0 Å². The minimum absolute atomic E-state index is 0.0325. The number of carbonyl (C=O) groups is 1. The molecule has 7 heteroatoms. The van der Waals surface area contributed by atoms with E-state index in [9.17, 15) is 4.79 Å². The van der Waals surface area contributed by atoms with Crippen LogP contribution in [0.25, 0.3) is 22.4 Å². The van der Waals surface area contributed by atoms with Gasteiger partial charge in [-0.1, -0.05) is 35.0 Å². The predicted octanol–water partition coefficient (Wildman–Crippen LogP) is 4.66. The van der Waals surface area contributed by atoms with Crippen LogP contribution in [0.15, 0.2) is 59.1 Å². The Balaban J connectivity index is 1.68. The standard InChI is InChI=1S/C23H18N4O3/c1-14-3-5-16(6-4-14)20-13-19(21-15(2)27-30-23(21)26-20)22(28)25-17-7-9-18(10-8-17)29-12-11-24/h3-10,13H,12H2,1-2H3,(H,25,28). The van der Waals surface area contributed by atoms with Crippen molar-refractivity contribution in [3.05, 3.63) is 71.4 Å². The number of fused-ring (bicyclic) bond motifs is 1. The Hall–Kier alpha value is -4.18. The van der Waals surface area contributed by atoms with E-state index in [1.165, 1.54) is 0 Å². The Morgan fingerprint density at radius 3 is 2.57 bits per heavy atom. The number of carbonyl (C=O) groups excluding carboxylic acids is 1. The van der Waals surface area contributed by atoms with Gasteiger partial charge in [-0.25, -0.2) is 4.98 Å². The van der Waals surface area contributed by atoms with E-state index in [-0.39, 0.29) is 12.5 Å². The molecule has 148 valence electrons. The van der Waals surface area contributed by atoms with Crippen LogP contribution in [0.5, 0.6) is 5.75 Å². The third-order valence-corrected chi connectivity index (χ3v) is 4.62. The van der Waals surface area contributed by atoms with Gasteiger partial charge in [-0.05, 0) is 44.2 Å². The molecule has 0 aliphatic heterocycles. The molecule has 4 rings (SSSR count). The number of aromatic nitrogens is 2. The van der Waals surface area contributed by atoms with Crippen molar-refractivity contribution in [2.24, 2.45) is 0 Å². The summed E-state index contributed by atoms with van der Waals surface area (Å²) >= 11 is 0. The molecule has 2 aromatic carbocycles. The van der Waals surface area contributed by atoms with Crippen LogP contribution in [0.1, 0.15) is 21.6 Å². The number of nitriles is 1. The van der Waals surface area contributed by atoms with Crippen LogP contribution in [0.2, 0.25) is 0 Å². The van der Waals surface area contributed by atoms with E-state index >= 15 is 0 Å². The molecular weight excluding hydrogens is 380 g/mol. The number of hydrogen-bond donors (Lipinski definition) is 1. The minimum atomic E-state index is -0.298. The Morgan fingerprint density at radius 2 is 1.87 bits per heavy atom. The second-order valence-electron chi connectivity index (χ2n) is 6.79. The number of aryl methyl sites for hydroxylation is 2. The van der Waals surface area contributed by atoms with Crippen LogP contribution < -0.4 is 10.1 Å². The van der Waals surface area contributed by atoms with Crippen LogP contribution in [-0.2, 0) is 0 Å². The fraction of sp³-hybridized carbons (Fsp3) is 0.130. The highest BCUT2D eigenvalue weighted by atomic mass is 16.5. The van der Waals surface area contributed by atoms with Crippen molar-refractivity contribution < 1.29 is 14.1 Å². The third-order valence-electron chi connectivity index (χ3n) is 4.62. The van der Waals surface area contributed by atoms with E-state index in [2.05, 4.69) is 15.5 Å². The summed E-state index contributed by atoms with van der Waals surface area (Å²) in [7, 11) is 0. The lowest BCUT2D eigenvalue weighted by Gasteiger charge is -2.09. The molecule has 0 unspecified atom stereocenters. The van der Waals surface area contributed by atoms with Gasteiger partial charge in [-0.2, -0.15) is 5.26 Å². The first-order valence-corrected chi connectivity index (χ1v) is 9.30. The van der Waals surface area contributed by atoms with Crippen molar-refractivity contribution in [3.8, 4) is 23.1 Å². The first-order valence-electron chi connectivity index (χ1n) is 9.30. The summed E-state index contributed by atoms with van der Waals surface area (Å²) in [6.45, 7) is 3.75. The van der Waals surface area contributed by atoms with Crippen LogP contribution in [0, 0.1) is 25.2 Å². The van der Waals surface area contributed by atoms with Crippen molar-refractivity contribution in [1.82, 2.24) is 10.1 Å². The lowest BCUT2D eigenvalue weighted by Crippen LogP contribution is -2.13. The summed E-state index contributed by atoms with van der Waals surface area (Å²) < 4.78 is 10.6. The SMILES string of the molecule is Cc1ccc(-c2cc(C(=O)Nc3ccc(OCC#N)cc3)c3c(C)noc3n2)cc1. The fourth-order valence-corrected chi connectivity index (χ4v) is 3.09. The molecule has 30 heavy (non-hydrogen) atoms. The number of rotatable bonds is 5. The number of amides is 1. The molecule has 0 aliphatic carbocycles. The summed E-state index contributed by atoms with van der Waals surface area (Å²) in [5.41, 5.74) is 4.58. The summed E-state index contributed by atoms with van der Waals surface area (Å²) in [4.78, 5) is 17.6. The van der Waals surface area contributed by atoms with Gasteiger partial charge in [0.25, 0.3) is 11.6 Å². The molecule has 0 saturated carbocycles. The second kappa shape index (κ2) is 8.05. The fourth-order valence-electron chi connectivity index (χ4n) is 3.09. The molecule has 2 aromatic heterocycles. The minimum Gasteiger partial charge on any atom is -0.479 e. The summed E-state index contributed by atoms with van der Waals surface area (Å²) in [5.74, 6) is 0.255. The normalized spacial score (nSPS) is 10.6. The Bertz CT molecular complexity index is 1250. The first kappa shape index (κ1) is 19.2. The van der Waals surface area contributed by atoms with Gasteiger partial charge < -0.3 is 14.6 Å². The quantitative estimate of drug-likeness (QED) is 0.525. The van der Waals surface area contributed by atoms with Crippen molar-refractivity contribution in [2.45, 2.75) is 13.8 Å². The zero-order valence-electron chi connectivity index (χ0n) is 16.5. The molecule has 0 aliphatic rings. The number of anilines is 1. The van der Waals surface area contributed by atoms with Crippen LogP contribution in [0.4, 0.5) is 5.69 Å². The largest absolute Gasteiger partial charge is 0.479 e. The molecule has 0 atom stereocenters. The monoisotopic (exact) mass is 398 g/mol. The van der Waals surface area contributed by atoms with Gasteiger partial charge in [0.15, 0.2) is 6.61 Å². The molecule has 0 bridgehead atoms. The van der Waals surface area contributed by atoms with Crippen LogP contribution in [-0.4, -0.2) is 22.7 Å². The highest BCUT2D eigenvalue weighted by Gasteiger charge is 2.19. The maximum atomic E-state index is 13.1. The second-order valence-corrected chi connectivity index (χ2v) is 6.79. The number of hydrogen-bond acceptors (Lipinski definition) is 6. The van der Waals surface area contributed by atoms with E-state index in [1.807, 2.05) is 37.3 Å². The molecule has 7 nitrogen and oxygen atoms in total. The smallest absolute Gasteiger partial charge is 0.259 e. The average Bonchev–Trinajstić information content (AvgIpc) is 3.14. The van der Waals surface area contributed by atoms with Crippen molar-refractivity contribution in [2.75, 3.05) is 11.9 Å². The molecule has 0 fully saturated rings. The van der Waals surface area contributed by atoms with E-state index < -0.39 is 0 Å². The molecular formula is C23H18N4O3. The van der Waals surface area contributed by atoms with E-state index in [4.69, 9.17) is 14.5 Å². The molecule has 4 aromatic rings. The topological polar surface area (TPSA) is 101 Å². The average molecular weight is 398 g/mol. The lowest BCUT2D eigenvalue weighted by atomic mass is 10.0. The third kappa shape index (κ3) is 3.84. The van der Waals surface area contributed by atoms with E-state index in [1.54, 1.807) is 37.3 Å².